The number of para-hydroxylation sites is 1. The fraction of sp³-hybridized carbons (Fsp3) is 0.190. The number of rotatable bonds is 6. The maximum absolute atomic E-state index is 5.60. The van der Waals surface area contributed by atoms with Crippen molar-refractivity contribution in [1.82, 2.24) is 19.9 Å². The third-order valence-electron chi connectivity index (χ3n) is 4.48. The summed E-state index contributed by atoms with van der Waals surface area (Å²) in [5.41, 5.74) is 1.79. The molecule has 0 aliphatic rings. The molecule has 136 valence electrons. The second kappa shape index (κ2) is 7.55. The summed E-state index contributed by atoms with van der Waals surface area (Å²) >= 11 is 0. The molecule has 27 heavy (non-hydrogen) atoms. The van der Waals surface area contributed by atoms with Crippen LogP contribution in [0.15, 0.2) is 71.6 Å². The van der Waals surface area contributed by atoms with Gasteiger partial charge in [0.15, 0.2) is 5.82 Å². The van der Waals surface area contributed by atoms with Gasteiger partial charge in [0.25, 0.3) is 0 Å². The molecule has 0 saturated carbocycles. The van der Waals surface area contributed by atoms with Gasteiger partial charge in [-0.1, -0.05) is 12.1 Å². The predicted octanol–water partition coefficient (Wildman–Crippen LogP) is 4.00. The third-order valence-corrected chi connectivity index (χ3v) is 4.48. The lowest BCUT2D eigenvalue weighted by Crippen LogP contribution is -2.26. The maximum Gasteiger partial charge on any atom is 0.163 e. The van der Waals surface area contributed by atoms with Crippen LogP contribution in [0.3, 0.4) is 0 Å². The molecule has 0 spiro atoms. The van der Waals surface area contributed by atoms with Gasteiger partial charge in [0.2, 0.25) is 0 Å². The van der Waals surface area contributed by atoms with Gasteiger partial charge in [-0.15, -0.1) is 0 Å². The first-order valence-corrected chi connectivity index (χ1v) is 8.83. The Morgan fingerprint density at radius 2 is 1.93 bits per heavy atom. The largest absolute Gasteiger partial charge is 0.468 e. The number of fused-ring (bicyclic) bond motifs is 1. The molecule has 3 aromatic heterocycles. The lowest BCUT2D eigenvalue weighted by Gasteiger charge is -2.23. The van der Waals surface area contributed by atoms with Gasteiger partial charge in [0.05, 0.1) is 17.8 Å². The fourth-order valence-electron chi connectivity index (χ4n) is 3.05. The molecule has 0 unspecified atom stereocenters. The Kier molecular flexibility index (Phi) is 4.80. The molecule has 6 heteroatoms. The molecule has 4 rings (SSSR count). The lowest BCUT2D eigenvalue weighted by atomic mass is 10.2. The average Bonchev–Trinajstić information content (AvgIpc) is 3.22. The highest BCUT2D eigenvalue weighted by atomic mass is 16.3. The minimum Gasteiger partial charge on any atom is -0.468 e. The van der Waals surface area contributed by atoms with Crippen LogP contribution < -0.4 is 5.32 Å². The van der Waals surface area contributed by atoms with Crippen LogP contribution in [0.2, 0.25) is 0 Å². The van der Waals surface area contributed by atoms with Crippen molar-refractivity contribution in [3.63, 3.8) is 0 Å². The van der Waals surface area contributed by atoms with E-state index < -0.39 is 0 Å². The first-order chi connectivity index (χ1) is 13.2. The number of pyridine rings is 1. The van der Waals surface area contributed by atoms with Crippen LogP contribution >= 0.6 is 0 Å². The van der Waals surface area contributed by atoms with Crippen molar-refractivity contribution in [1.29, 1.82) is 0 Å². The Bertz CT molecular complexity index is 1020. The van der Waals surface area contributed by atoms with Gasteiger partial charge in [-0.3, -0.25) is 9.88 Å². The van der Waals surface area contributed by atoms with E-state index in [9.17, 15) is 0 Å². The zero-order valence-corrected chi connectivity index (χ0v) is 15.3. The van der Waals surface area contributed by atoms with Crippen molar-refractivity contribution in [3.05, 3.63) is 72.9 Å². The van der Waals surface area contributed by atoms with Crippen molar-refractivity contribution < 1.29 is 4.42 Å². The van der Waals surface area contributed by atoms with Gasteiger partial charge in [0, 0.05) is 29.9 Å². The Morgan fingerprint density at radius 1 is 1.04 bits per heavy atom. The Morgan fingerprint density at radius 3 is 2.67 bits per heavy atom. The molecule has 0 fully saturated rings. The Labute approximate surface area is 157 Å². The summed E-state index contributed by atoms with van der Waals surface area (Å²) in [4.78, 5) is 15.8. The highest BCUT2D eigenvalue weighted by molar-refractivity contribution is 5.90. The van der Waals surface area contributed by atoms with Crippen LogP contribution in [0.25, 0.3) is 22.3 Å². The van der Waals surface area contributed by atoms with Gasteiger partial charge < -0.3 is 9.73 Å². The first kappa shape index (κ1) is 17.2. The van der Waals surface area contributed by atoms with E-state index in [2.05, 4.69) is 15.2 Å². The highest BCUT2D eigenvalue weighted by Gasteiger charge is 2.18. The van der Waals surface area contributed by atoms with Gasteiger partial charge in [-0.25, -0.2) is 9.97 Å². The number of anilines is 1. The molecule has 0 aliphatic carbocycles. The van der Waals surface area contributed by atoms with E-state index in [1.165, 1.54) is 0 Å². The summed E-state index contributed by atoms with van der Waals surface area (Å²) in [5.74, 6) is 2.37. The number of hydrogen-bond donors (Lipinski definition) is 1. The summed E-state index contributed by atoms with van der Waals surface area (Å²) in [7, 11) is 4.07. The number of furan rings is 1. The summed E-state index contributed by atoms with van der Waals surface area (Å²) in [6, 6.07) is 15.9. The van der Waals surface area contributed by atoms with E-state index in [-0.39, 0.29) is 6.04 Å². The summed E-state index contributed by atoms with van der Waals surface area (Å²) in [6.45, 7) is 0.661. The van der Waals surface area contributed by atoms with Crippen molar-refractivity contribution >= 4 is 16.7 Å². The molecule has 0 amide bonds. The van der Waals surface area contributed by atoms with Crippen LogP contribution in [0, 0.1) is 0 Å². The van der Waals surface area contributed by atoms with E-state index >= 15 is 0 Å². The second-order valence-corrected chi connectivity index (χ2v) is 6.53. The monoisotopic (exact) mass is 359 g/mol. The number of nitrogens with zero attached hydrogens (tertiary/aromatic N) is 4. The zero-order chi connectivity index (χ0) is 18.6. The zero-order valence-electron chi connectivity index (χ0n) is 15.3. The van der Waals surface area contributed by atoms with Crippen molar-refractivity contribution in [3.8, 4) is 11.4 Å². The maximum atomic E-state index is 5.60. The van der Waals surface area contributed by atoms with Crippen molar-refractivity contribution in [2.45, 2.75) is 6.04 Å². The number of benzene rings is 1. The first-order valence-electron chi connectivity index (χ1n) is 8.83. The molecule has 0 aliphatic heterocycles. The number of aromatic nitrogens is 3. The van der Waals surface area contributed by atoms with Crippen molar-refractivity contribution in [2.24, 2.45) is 0 Å². The summed E-state index contributed by atoms with van der Waals surface area (Å²) in [5, 5.41) is 4.48. The lowest BCUT2D eigenvalue weighted by molar-refractivity contribution is 0.269. The van der Waals surface area contributed by atoms with Crippen LogP contribution in [-0.4, -0.2) is 40.5 Å². The predicted molar refractivity (Wildman–Crippen MR) is 106 cm³/mol. The smallest absolute Gasteiger partial charge is 0.163 e. The average molecular weight is 359 g/mol. The van der Waals surface area contributed by atoms with E-state index in [1.54, 1.807) is 18.7 Å². The molecular weight excluding hydrogens is 338 g/mol. The molecule has 4 aromatic rings. The van der Waals surface area contributed by atoms with E-state index in [1.807, 2.05) is 62.6 Å². The molecule has 1 N–H and O–H groups in total. The summed E-state index contributed by atoms with van der Waals surface area (Å²) < 4.78 is 5.60. The standard InChI is InChI=1S/C21H21N5O/c1-26(2)18(19-10-6-12-27-19)14-23-21-16-8-3-4-9-17(16)24-20(25-21)15-7-5-11-22-13-15/h3-13,18H,14H2,1-2H3,(H,23,24,25)/t18-/m1/s1. The highest BCUT2D eigenvalue weighted by Crippen LogP contribution is 2.26. The van der Waals surface area contributed by atoms with Gasteiger partial charge in [0.1, 0.15) is 11.6 Å². The van der Waals surface area contributed by atoms with E-state index in [0.29, 0.717) is 12.4 Å². The number of likely N-dealkylation sites (N-methyl/N-ethyl adjacent to an activating group) is 1. The van der Waals surface area contributed by atoms with Gasteiger partial charge in [-0.2, -0.15) is 0 Å². The van der Waals surface area contributed by atoms with Crippen LogP contribution in [0.4, 0.5) is 5.82 Å². The number of nitrogens with one attached hydrogen (secondary N) is 1. The fourth-order valence-corrected chi connectivity index (χ4v) is 3.05. The normalized spacial score (nSPS) is 12.4. The third kappa shape index (κ3) is 3.66. The van der Waals surface area contributed by atoms with Gasteiger partial charge in [-0.05, 0) is 50.5 Å². The molecule has 6 nitrogen and oxygen atoms in total. The molecule has 1 aromatic carbocycles. The topological polar surface area (TPSA) is 67.1 Å². The van der Waals surface area contributed by atoms with Crippen LogP contribution in [0.5, 0.6) is 0 Å². The quantitative estimate of drug-likeness (QED) is 0.561. The molecule has 0 saturated heterocycles. The van der Waals surface area contributed by atoms with Gasteiger partial charge >= 0.3 is 0 Å². The Balaban J connectivity index is 1.70. The molecule has 0 bridgehead atoms. The number of hydrogen-bond acceptors (Lipinski definition) is 6. The van der Waals surface area contributed by atoms with E-state index in [0.717, 1.165) is 28.0 Å². The van der Waals surface area contributed by atoms with E-state index in [4.69, 9.17) is 14.4 Å². The minimum absolute atomic E-state index is 0.0931. The van der Waals surface area contributed by atoms with Crippen molar-refractivity contribution in [2.75, 3.05) is 26.0 Å². The Hall–Kier alpha value is -3.25. The molecule has 0 radical (unpaired) electrons. The summed E-state index contributed by atoms with van der Waals surface area (Å²) in [6.07, 6.45) is 5.22. The minimum atomic E-state index is 0.0931. The van der Waals surface area contributed by atoms with Crippen LogP contribution in [-0.2, 0) is 0 Å². The molecule has 3 heterocycles. The SMILES string of the molecule is CN(C)[C@H](CNc1nc(-c2cccnc2)nc2ccccc12)c1ccco1. The van der Waals surface area contributed by atoms with Crippen LogP contribution in [0.1, 0.15) is 11.8 Å². The second-order valence-electron chi connectivity index (χ2n) is 6.53. The molecule has 1 atom stereocenters. The molecular formula is C21H21N5O.